The second kappa shape index (κ2) is 5.47. The summed E-state index contributed by atoms with van der Waals surface area (Å²) in [6.07, 6.45) is 1.09. The average Bonchev–Trinajstić information content (AvgIpc) is 2.01. The van der Waals surface area contributed by atoms with Gasteiger partial charge >= 0.3 is 0 Å². The molecule has 0 aromatic carbocycles. The molecule has 0 radical (unpaired) electrons. The third kappa shape index (κ3) is 5.14. The van der Waals surface area contributed by atoms with Gasteiger partial charge in [0.25, 0.3) is 0 Å². The maximum atomic E-state index is 11.1. The summed E-state index contributed by atoms with van der Waals surface area (Å²) in [4.78, 5) is 13.2. The van der Waals surface area contributed by atoms with Crippen molar-refractivity contribution >= 4 is 5.91 Å². The Morgan fingerprint density at radius 1 is 1.40 bits per heavy atom. The van der Waals surface area contributed by atoms with Gasteiger partial charge < -0.3 is 16.4 Å². The lowest BCUT2D eigenvalue weighted by atomic mass is 9.99. The first-order chi connectivity index (χ1) is 6.66. The van der Waals surface area contributed by atoms with E-state index in [-0.39, 0.29) is 0 Å². The van der Waals surface area contributed by atoms with Crippen LogP contribution in [0.5, 0.6) is 0 Å². The first-order valence-electron chi connectivity index (χ1n) is 5.46. The van der Waals surface area contributed by atoms with E-state index in [1.807, 2.05) is 7.05 Å². The molecular formula is C11H25N3O. The third-order valence-electron chi connectivity index (χ3n) is 2.71. The van der Waals surface area contributed by atoms with Crippen LogP contribution < -0.4 is 11.5 Å². The molecule has 0 bridgehead atoms. The molecule has 0 aromatic heterocycles. The fourth-order valence-electron chi connectivity index (χ4n) is 1.61. The van der Waals surface area contributed by atoms with Gasteiger partial charge in [0.1, 0.15) is 5.54 Å². The Morgan fingerprint density at radius 2 is 1.87 bits per heavy atom. The van der Waals surface area contributed by atoms with Crippen LogP contribution >= 0.6 is 0 Å². The highest BCUT2D eigenvalue weighted by Gasteiger charge is 2.28. The highest BCUT2D eigenvalue weighted by Crippen LogP contribution is 2.11. The standard InChI is InChI=1S/C11H25N3O/c1-8(2)6-9(3)14(5)7-11(4,13)10(12)15/h8-9H,6-7,13H2,1-5H3,(H2,12,15). The molecule has 2 atom stereocenters. The minimum Gasteiger partial charge on any atom is -0.368 e. The maximum absolute atomic E-state index is 11.1. The normalized spacial score (nSPS) is 17.9. The van der Waals surface area contributed by atoms with E-state index in [4.69, 9.17) is 11.5 Å². The molecular weight excluding hydrogens is 190 g/mol. The molecule has 0 fully saturated rings. The van der Waals surface area contributed by atoms with E-state index in [1.165, 1.54) is 0 Å². The van der Waals surface area contributed by atoms with E-state index in [2.05, 4.69) is 25.7 Å². The molecule has 4 heteroatoms. The average molecular weight is 215 g/mol. The Kier molecular flexibility index (Phi) is 5.24. The number of carbonyl (C=O) groups excluding carboxylic acids is 1. The van der Waals surface area contributed by atoms with Gasteiger partial charge in [0.2, 0.25) is 5.91 Å². The summed E-state index contributed by atoms with van der Waals surface area (Å²) in [5.41, 5.74) is 10.1. The Morgan fingerprint density at radius 3 is 2.20 bits per heavy atom. The number of primary amides is 1. The maximum Gasteiger partial charge on any atom is 0.238 e. The van der Waals surface area contributed by atoms with Crippen molar-refractivity contribution in [2.24, 2.45) is 17.4 Å². The van der Waals surface area contributed by atoms with Gasteiger partial charge in [-0.15, -0.1) is 0 Å². The minimum absolute atomic E-state index is 0.409. The summed E-state index contributed by atoms with van der Waals surface area (Å²) in [5, 5.41) is 0. The predicted octanol–water partition coefficient (Wildman–Crippen LogP) is 0.556. The van der Waals surface area contributed by atoms with Crippen molar-refractivity contribution in [3.63, 3.8) is 0 Å². The van der Waals surface area contributed by atoms with Gasteiger partial charge in [-0.2, -0.15) is 0 Å². The SMILES string of the molecule is CC(C)CC(C)N(C)CC(C)(N)C(N)=O. The van der Waals surface area contributed by atoms with Crippen LogP contribution in [0.3, 0.4) is 0 Å². The molecule has 1 amide bonds. The zero-order valence-corrected chi connectivity index (χ0v) is 10.6. The molecule has 0 aliphatic carbocycles. The Labute approximate surface area is 93.0 Å². The smallest absolute Gasteiger partial charge is 0.238 e. The summed E-state index contributed by atoms with van der Waals surface area (Å²) < 4.78 is 0. The van der Waals surface area contributed by atoms with Crippen LogP contribution in [0.2, 0.25) is 0 Å². The molecule has 15 heavy (non-hydrogen) atoms. The number of rotatable bonds is 6. The van der Waals surface area contributed by atoms with Crippen LogP contribution in [0, 0.1) is 5.92 Å². The van der Waals surface area contributed by atoms with Gasteiger partial charge in [0.15, 0.2) is 0 Å². The van der Waals surface area contributed by atoms with Crippen LogP contribution in [0.25, 0.3) is 0 Å². The number of nitrogens with two attached hydrogens (primary N) is 2. The Bertz CT molecular complexity index is 214. The van der Waals surface area contributed by atoms with E-state index in [0.717, 1.165) is 6.42 Å². The summed E-state index contributed by atoms with van der Waals surface area (Å²) in [5.74, 6) is 0.186. The van der Waals surface area contributed by atoms with Crippen molar-refractivity contribution in [2.45, 2.75) is 45.7 Å². The first-order valence-corrected chi connectivity index (χ1v) is 5.46. The van der Waals surface area contributed by atoms with Crippen molar-refractivity contribution < 1.29 is 4.79 Å². The van der Waals surface area contributed by atoms with E-state index < -0.39 is 11.4 Å². The number of nitrogens with zero attached hydrogens (tertiary/aromatic N) is 1. The quantitative estimate of drug-likeness (QED) is 0.680. The lowest BCUT2D eigenvalue weighted by Gasteiger charge is -2.32. The largest absolute Gasteiger partial charge is 0.368 e. The summed E-state index contributed by atoms with van der Waals surface area (Å²) in [6, 6.07) is 0.409. The van der Waals surface area contributed by atoms with Gasteiger partial charge in [-0.3, -0.25) is 4.79 Å². The number of likely N-dealkylation sites (N-methyl/N-ethyl adjacent to an activating group) is 1. The highest BCUT2D eigenvalue weighted by atomic mass is 16.1. The van der Waals surface area contributed by atoms with Crippen molar-refractivity contribution in [1.29, 1.82) is 0 Å². The molecule has 0 saturated carbocycles. The molecule has 0 aliphatic rings. The minimum atomic E-state index is -0.944. The molecule has 4 N–H and O–H groups in total. The van der Waals surface area contributed by atoms with Crippen LogP contribution in [-0.4, -0.2) is 36.0 Å². The number of amides is 1. The van der Waals surface area contributed by atoms with Crippen molar-refractivity contribution in [3.05, 3.63) is 0 Å². The van der Waals surface area contributed by atoms with Crippen molar-refractivity contribution in [2.75, 3.05) is 13.6 Å². The molecule has 0 saturated heterocycles. The monoisotopic (exact) mass is 215 g/mol. The topological polar surface area (TPSA) is 72.3 Å². The fraction of sp³-hybridized carbons (Fsp3) is 0.909. The van der Waals surface area contributed by atoms with Crippen LogP contribution in [0.15, 0.2) is 0 Å². The van der Waals surface area contributed by atoms with E-state index in [0.29, 0.717) is 18.5 Å². The highest BCUT2D eigenvalue weighted by molar-refractivity contribution is 5.84. The summed E-state index contributed by atoms with van der Waals surface area (Å²) >= 11 is 0. The third-order valence-corrected chi connectivity index (χ3v) is 2.71. The number of hydrogen-bond acceptors (Lipinski definition) is 3. The molecule has 0 heterocycles. The summed E-state index contributed by atoms with van der Waals surface area (Å²) in [6.45, 7) is 8.67. The number of carbonyl (C=O) groups is 1. The van der Waals surface area contributed by atoms with Crippen LogP contribution in [0.1, 0.15) is 34.1 Å². The van der Waals surface area contributed by atoms with Gasteiger partial charge in [0, 0.05) is 12.6 Å². The van der Waals surface area contributed by atoms with Gasteiger partial charge in [-0.05, 0) is 33.2 Å². The molecule has 4 nitrogen and oxygen atoms in total. The zero-order chi connectivity index (χ0) is 12.2. The predicted molar refractivity (Wildman–Crippen MR) is 63.3 cm³/mol. The molecule has 0 spiro atoms. The van der Waals surface area contributed by atoms with E-state index in [9.17, 15) is 4.79 Å². The lowest BCUT2D eigenvalue weighted by molar-refractivity contribution is -0.123. The van der Waals surface area contributed by atoms with E-state index >= 15 is 0 Å². The lowest BCUT2D eigenvalue weighted by Crippen LogP contribution is -2.57. The second-order valence-corrected chi connectivity index (χ2v) is 5.18. The number of hydrogen-bond donors (Lipinski definition) is 2. The molecule has 0 aromatic rings. The fourth-order valence-corrected chi connectivity index (χ4v) is 1.61. The van der Waals surface area contributed by atoms with Gasteiger partial charge in [0.05, 0.1) is 0 Å². The zero-order valence-electron chi connectivity index (χ0n) is 10.6. The molecule has 2 unspecified atom stereocenters. The summed E-state index contributed by atoms with van der Waals surface area (Å²) in [7, 11) is 1.97. The van der Waals surface area contributed by atoms with Crippen LogP contribution in [-0.2, 0) is 4.79 Å². The van der Waals surface area contributed by atoms with Gasteiger partial charge in [-0.25, -0.2) is 0 Å². The second-order valence-electron chi connectivity index (χ2n) is 5.18. The van der Waals surface area contributed by atoms with Gasteiger partial charge in [-0.1, -0.05) is 13.8 Å². The molecule has 0 aliphatic heterocycles. The Hall–Kier alpha value is -0.610. The molecule has 90 valence electrons. The van der Waals surface area contributed by atoms with Crippen LogP contribution in [0.4, 0.5) is 0 Å². The van der Waals surface area contributed by atoms with Crippen molar-refractivity contribution in [1.82, 2.24) is 4.90 Å². The molecule has 0 rings (SSSR count). The first kappa shape index (κ1) is 14.4. The Balaban J connectivity index is 4.23. The van der Waals surface area contributed by atoms with E-state index in [1.54, 1.807) is 6.92 Å². The van der Waals surface area contributed by atoms with Crippen molar-refractivity contribution in [3.8, 4) is 0 Å².